The molecule has 2 aromatic carbocycles. The van der Waals surface area contributed by atoms with Crippen molar-refractivity contribution in [2.75, 3.05) is 23.7 Å². The summed E-state index contributed by atoms with van der Waals surface area (Å²) in [7, 11) is -3.44. The van der Waals surface area contributed by atoms with Crippen LogP contribution in [0.4, 0.5) is 11.4 Å². The molecule has 0 aromatic heterocycles. The van der Waals surface area contributed by atoms with Gasteiger partial charge in [-0.3, -0.25) is 4.79 Å². The van der Waals surface area contributed by atoms with E-state index < -0.39 is 16.1 Å². The summed E-state index contributed by atoms with van der Waals surface area (Å²) in [5.74, 6) is -0.198. The zero-order valence-electron chi connectivity index (χ0n) is 15.9. The van der Waals surface area contributed by atoms with Gasteiger partial charge in [-0.15, -0.1) is 0 Å². The number of nitrogens with zero attached hydrogens (tertiary/aromatic N) is 1. The molecule has 1 fully saturated rings. The second-order valence-electron chi connectivity index (χ2n) is 6.95. The van der Waals surface area contributed by atoms with Crippen LogP contribution in [-0.4, -0.2) is 37.8 Å². The SMILES string of the molecule is Cc1cc(N[C@@H](C)C(=O)Nc2ccc(S(=O)(=O)N3CCCC3)cc2)ccc1Br. The number of amides is 1. The van der Waals surface area contributed by atoms with E-state index in [1.54, 1.807) is 31.2 Å². The molecule has 1 saturated heterocycles. The number of halogens is 1. The molecule has 0 saturated carbocycles. The van der Waals surface area contributed by atoms with Crippen molar-refractivity contribution in [2.45, 2.75) is 37.6 Å². The van der Waals surface area contributed by atoms with Crippen LogP contribution in [0.2, 0.25) is 0 Å². The van der Waals surface area contributed by atoms with Gasteiger partial charge in [-0.25, -0.2) is 8.42 Å². The van der Waals surface area contributed by atoms with Crippen molar-refractivity contribution in [3.05, 3.63) is 52.5 Å². The molecule has 1 amide bonds. The number of rotatable bonds is 6. The van der Waals surface area contributed by atoms with E-state index in [2.05, 4.69) is 26.6 Å². The minimum atomic E-state index is -3.44. The lowest BCUT2D eigenvalue weighted by Gasteiger charge is -2.17. The standard InChI is InChI=1S/C20H24BrN3O3S/c1-14-13-17(7-10-19(14)21)22-15(2)20(25)23-16-5-8-18(9-6-16)28(26,27)24-11-3-4-12-24/h5-10,13,15,22H,3-4,11-12H2,1-2H3,(H,23,25)/t15-/m0/s1. The maximum absolute atomic E-state index is 12.6. The fourth-order valence-corrected chi connectivity index (χ4v) is 4.85. The molecule has 0 unspecified atom stereocenters. The van der Waals surface area contributed by atoms with E-state index in [1.807, 2.05) is 25.1 Å². The Balaban J connectivity index is 1.62. The summed E-state index contributed by atoms with van der Waals surface area (Å²) in [5, 5.41) is 5.98. The van der Waals surface area contributed by atoms with Crippen molar-refractivity contribution >= 4 is 43.2 Å². The van der Waals surface area contributed by atoms with Crippen molar-refractivity contribution in [3.8, 4) is 0 Å². The third kappa shape index (κ3) is 4.74. The molecule has 0 radical (unpaired) electrons. The Morgan fingerprint density at radius 2 is 1.68 bits per heavy atom. The molecule has 28 heavy (non-hydrogen) atoms. The Hall–Kier alpha value is -1.90. The molecule has 0 bridgehead atoms. The summed E-state index contributed by atoms with van der Waals surface area (Å²) in [6, 6.07) is 11.7. The van der Waals surface area contributed by atoms with Crippen molar-refractivity contribution in [1.29, 1.82) is 0 Å². The summed E-state index contributed by atoms with van der Waals surface area (Å²) in [5.41, 5.74) is 2.49. The van der Waals surface area contributed by atoms with Gasteiger partial charge in [0.15, 0.2) is 0 Å². The van der Waals surface area contributed by atoms with Crippen LogP contribution in [0.1, 0.15) is 25.3 Å². The maximum atomic E-state index is 12.6. The van der Waals surface area contributed by atoms with Crippen molar-refractivity contribution in [2.24, 2.45) is 0 Å². The van der Waals surface area contributed by atoms with Gasteiger partial charge in [0.25, 0.3) is 0 Å². The summed E-state index contributed by atoms with van der Waals surface area (Å²) in [4.78, 5) is 12.7. The maximum Gasteiger partial charge on any atom is 0.246 e. The highest BCUT2D eigenvalue weighted by Gasteiger charge is 2.27. The third-order valence-electron chi connectivity index (χ3n) is 4.76. The summed E-state index contributed by atoms with van der Waals surface area (Å²) in [6.07, 6.45) is 1.80. The minimum Gasteiger partial charge on any atom is -0.374 e. The number of carbonyl (C=O) groups excluding carboxylic acids is 1. The van der Waals surface area contributed by atoms with E-state index in [0.717, 1.165) is 28.6 Å². The molecule has 1 heterocycles. The number of hydrogen-bond donors (Lipinski definition) is 2. The lowest BCUT2D eigenvalue weighted by atomic mass is 10.2. The summed E-state index contributed by atoms with van der Waals surface area (Å²) < 4.78 is 27.6. The van der Waals surface area contributed by atoms with Gasteiger partial charge >= 0.3 is 0 Å². The van der Waals surface area contributed by atoms with Crippen LogP contribution in [-0.2, 0) is 14.8 Å². The average Bonchev–Trinajstić information content (AvgIpc) is 3.21. The average molecular weight is 466 g/mol. The van der Waals surface area contributed by atoms with Crippen LogP contribution in [0.3, 0.4) is 0 Å². The smallest absolute Gasteiger partial charge is 0.246 e. The second-order valence-corrected chi connectivity index (χ2v) is 9.75. The molecule has 3 rings (SSSR count). The van der Waals surface area contributed by atoms with Gasteiger partial charge in [-0.05, 0) is 74.7 Å². The van der Waals surface area contributed by atoms with E-state index in [-0.39, 0.29) is 10.8 Å². The Kier molecular flexibility index (Phi) is 6.42. The van der Waals surface area contributed by atoms with Gasteiger partial charge in [0, 0.05) is 28.9 Å². The number of nitrogens with one attached hydrogen (secondary N) is 2. The molecule has 2 aromatic rings. The Bertz CT molecular complexity index is 955. The minimum absolute atomic E-state index is 0.198. The van der Waals surface area contributed by atoms with Crippen LogP contribution in [0.25, 0.3) is 0 Å². The van der Waals surface area contributed by atoms with Gasteiger partial charge in [0.05, 0.1) is 4.90 Å². The van der Waals surface area contributed by atoms with E-state index >= 15 is 0 Å². The zero-order valence-corrected chi connectivity index (χ0v) is 18.3. The van der Waals surface area contributed by atoms with Crippen molar-refractivity contribution < 1.29 is 13.2 Å². The van der Waals surface area contributed by atoms with Crippen LogP contribution >= 0.6 is 15.9 Å². The monoisotopic (exact) mass is 465 g/mol. The van der Waals surface area contributed by atoms with Gasteiger partial charge in [-0.1, -0.05) is 15.9 Å². The number of sulfonamides is 1. The first kappa shape index (κ1) is 20.8. The topological polar surface area (TPSA) is 78.5 Å². The first-order valence-corrected chi connectivity index (χ1v) is 11.4. The molecule has 6 nitrogen and oxygen atoms in total. The van der Waals surface area contributed by atoms with Gasteiger partial charge in [-0.2, -0.15) is 4.31 Å². The van der Waals surface area contributed by atoms with Crippen molar-refractivity contribution in [1.82, 2.24) is 4.31 Å². The number of carbonyl (C=O) groups is 1. The Morgan fingerprint density at radius 3 is 2.29 bits per heavy atom. The molecule has 1 atom stereocenters. The van der Waals surface area contributed by atoms with Crippen LogP contribution in [0, 0.1) is 6.92 Å². The van der Waals surface area contributed by atoms with E-state index in [9.17, 15) is 13.2 Å². The molecular weight excluding hydrogens is 442 g/mol. The third-order valence-corrected chi connectivity index (χ3v) is 7.56. The number of aryl methyl sites for hydroxylation is 1. The van der Waals surface area contributed by atoms with Crippen LogP contribution < -0.4 is 10.6 Å². The molecule has 8 heteroatoms. The number of benzene rings is 2. The largest absolute Gasteiger partial charge is 0.374 e. The Morgan fingerprint density at radius 1 is 1.07 bits per heavy atom. The first-order chi connectivity index (χ1) is 13.3. The molecule has 0 spiro atoms. The van der Waals surface area contributed by atoms with E-state index in [1.165, 1.54) is 4.31 Å². The Labute approximate surface area is 174 Å². The van der Waals surface area contributed by atoms with Crippen LogP contribution in [0.5, 0.6) is 0 Å². The number of hydrogen-bond acceptors (Lipinski definition) is 4. The van der Waals surface area contributed by atoms with Crippen molar-refractivity contribution in [3.63, 3.8) is 0 Å². The highest BCUT2D eigenvalue weighted by atomic mass is 79.9. The van der Waals surface area contributed by atoms with Gasteiger partial charge < -0.3 is 10.6 Å². The highest BCUT2D eigenvalue weighted by Crippen LogP contribution is 2.23. The van der Waals surface area contributed by atoms with Gasteiger partial charge in [0.2, 0.25) is 15.9 Å². The summed E-state index contributed by atoms with van der Waals surface area (Å²) in [6.45, 7) is 4.90. The number of anilines is 2. The van der Waals surface area contributed by atoms with Crippen LogP contribution in [0.15, 0.2) is 51.8 Å². The lowest BCUT2D eigenvalue weighted by Crippen LogP contribution is -2.32. The molecule has 2 N–H and O–H groups in total. The molecular formula is C20H24BrN3O3S. The normalized spacial score (nSPS) is 16.0. The lowest BCUT2D eigenvalue weighted by molar-refractivity contribution is -0.116. The fourth-order valence-electron chi connectivity index (χ4n) is 3.09. The van der Waals surface area contributed by atoms with Gasteiger partial charge in [0.1, 0.15) is 6.04 Å². The first-order valence-electron chi connectivity index (χ1n) is 9.21. The predicted octanol–water partition coefficient (Wildman–Crippen LogP) is 3.98. The second kappa shape index (κ2) is 8.63. The quantitative estimate of drug-likeness (QED) is 0.675. The fraction of sp³-hybridized carbons (Fsp3) is 0.350. The van der Waals surface area contributed by atoms with E-state index in [4.69, 9.17) is 0 Å². The molecule has 1 aliphatic heterocycles. The molecule has 150 valence electrons. The molecule has 1 aliphatic rings. The predicted molar refractivity (Wildman–Crippen MR) is 115 cm³/mol. The molecule has 0 aliphatic carbocycles. The zero-order chi connectivity index (χ0) is 20.3. The highest BCUT2D eigenvalue weighted by molar-refractivity contribution is 9.10. The van der Waals surface area contributed by atoms with E-state index in [0.29, 0.717) is 18.8 Å². The summed E-state index contributed by atoms with van der Waals surface area (Å²) >= 11 is 3.46.